The van der Waals surface area contributed by atoms with Crippen LogP contribution in [-0.2, 0) is 0 Å². The van der Waals surface area contributed by atoms with Crippen LogP contribution in [0.4, 0.5) is 0 Å². The zero-order valence-electron chi connectivity index (χ0n) is 9.14. The summed E-state index contributed by atoms with van der Waals surface area (Å²) in [6.07, 6.45) is 3.22. The van der Waals surface area contributed by atoms with Crippen molar-refractivity contribution < 1.29 is 4.74 Å². The third kappa shape index (κ3) is 3.49. The van der Waals surface area contributed by atoms with Gasteiger partial charge in [-0.25, -0.2) is 0 Å². The van der Waals surface area contributed by atoms with E-state index >= 15 is 0 Å². The van der Waals surface area contributed by atoms with Crippen molar-refractivity contribution in [1.29, 1.82) is 0 Å². The maximum Gasteiger partial charge on any atom is 0.138 e. The van der Waals surface area contributed by atoms with Gasteiger partial charge in [0.15, 0.2) is 0 Å². The van der Waals surface area contributed by atoms with Crippen LogP contribution in [0, 0.1) is 11.8 Å². The van der Waals surface area contributed by atoms with Gasteiger partial charge in [-0.2, -0.15) is 0 Å². The molecule has 0 amide bonds. The van der Waals surface area contributed by atoms with Gasteiger partial charge in [0.05, 0.1) is 12.1 Å². The van der Waals surface area contributed by atoms with E-state index in [1.807, 2.05) is 18.2 Å². The summed E-state index contributed by atoms with van der Waals surface area (Å²) >= 11 is 6.09. The summed E-state index contributed by atoms with van der Waals surface area (Å²) in [5, 5.41) is 0.601. The van der Waals surface area contributed by atoms with E-state index in [0.717, 1.165) is 18.4 Å². The highest BCUT2D eigenvalue weighted by Crippen LogP contribution is 2.26. The lowest BCUT2D eigenvalue weighted by molar-refractivity contribution is 0.415. The Labute approximate surface area is 96.4 Å². The molecule has 0 atom stereocenters. The number of benzene rings is 1. The summed E-state index contributed by atoms with van der Waals surface area (Å²) < 4.78 is 5.11. The molecule has 1 nitrogen and oxygen atoms in total. The first kappa shape index (κ1) is 11.9. The molecule has 15 heavy (non-hydrogen) atoms. The maximum atomic E-state index is 6.09. The summed E-state index contributed by atoms with van der Waals surface area (Å²) in [7, 11) is 1.61. The SMILES string of the molecule is CCCCC#Cc1cccc(OC)c1Cl. The molecule has 0 spiro atoms. The zero-order valence-corrected chi connectivity index (χ0v) is 9.90. The van der Waals surface area contributed by atoms with Gasteiger partial charge in [-0.05, 0) is 18.6 Å². The van der Waals surface area contributed by atoms with Crippen molar-refractivity contribution in [3.63, 3.8) is 0 Å². The summed E-state index contributed by atoms with van der Waals surface area (Å²) in [6.45, 7) is 2.15. The lowest BCUT2D eigenvalue weighted by atomic mass is 10.2. The molecule has 0 saturated carbocycles. The zero-order chi connectivity index (χ0) is 11.1. The fraction of sp³-hybridized carbons (Fsp3) is 0.385. The van der Waals surface area contributed by atoms with Crippen LogP contribution in [0.25, 0.3) is 0 Å². The van der Waals surface area contributed by atoms with Crippen molar-refractivity contribution in [2.75, 3.05) is 7.11 Å². The Bertz CT molecular complexity index is 374. The molecule has 0 N–H and O–H groups in total. The molecule has 0 unspecified atom stereocenters. The third-order valence-electron chi connectivity index (χ3n) is 2.06. The van der Waals surface area contributed by atoms with E-state index in [1.54, 1.807) is 7.11 Å². The van der Waals surface area contributed by atoms with E-state index in [1.165, 1.54) is 6.42 Å². The maximum absolute atomic E-state index is 6.09. The Balaban J connectivity index is 2.79. The number of methoxy groups -OCH3 is 1. The first-order chi connectivity index (χ1) is 7.29. The molecule has 2 heteroatoms. The highest BCUT2D eigenvalue weighted by molar-refractivity contribution is 6.33. The molecular formula is C13H15ClO. The molecular weight excluding hydrogens is 208 g/mol. The average Bonchev–Trinajstić information content (AvgIpc) is 2.26. The summed E-state index contributed by atoms with van der Waals surface area (Å²) in [5.41, 5.74) is 0.840. The predicted molar refractivity (Wildman–Crippen MR) is 64.4 cm³/mol. The predicted octanol–water partition coefficient (Wildman–Crippen LogP) is 3.89. The van der Waals surface area contributed by atoms with Crippen LogP contribution in [0.2, 0.25) is 5.02 Å². The summed E-state index contributed by atoms with van der Waals surface area (Å²) in [4.78, 5) is 0. The number of halogens is 1. The fourth-order valence-corrected chi connectivity index (χ4v) is 1.44. The van der Waals surface area contributed by atoms with E-state index < -0.39 is 0 Å². The molecule has 0 radical (unpaired) electrons. The van der Waals surface area contributed by atoms with Gasteiger partial charge in [-0.1, -0.05) is 42.9 Å². The monoisotopic (exact) mass is 222 g/mol. The summed E-state index contributed by atoms with van der Waals surface area (Å²) in [5.74, 6) is 6.84. The molecule has 0 heterocycles. The first-order valence-corrected chi connectivity index (χ1v) is 5.48. The second kappa shape index (κ2) is 6.37. The highest BCUT2D eigenvalue weighted by Gasteiger charge is 2.02. The van der Waals surface area contributed by atoms with Crippen LogP contribution < -0.4 is 4.74 Å². The molecule has 0 bridgehead atoms. The molecule has 1 rings (SSSR count). The molecule has 0 aliphatic carbocycles. The van der Waals surface area contributed by atoms with Gasteiger partial charge in [-0.3, -0.25) is 0 Å². The molecule has 0 aromatic heterocycles. The standard InChI is InChI=1S/C13H15ClO/c1-3-4-5-6-8-11-9-7-10-12(15-2)13(11)14/h7,9-10H,3-5H2,1-2H3. The van der Waals surface area contributed by atoms with Gasteiger partial charge >= 0.3 is 0 Å². The van der Waals surface area contributed by atoms with E-state index in [0.29, 0.717) is 10.8 Å². The van der Waals surface area contributed by atoms with E-state index in [-0.39, 0.29) is 0 Å². The second-order valence-corrected chi connectivity index (χ2v) is 3.61. The number of hydrogen-bond acceptors (Lipinski definition) is 1. The van der Waals surface area contributed by atoms with Crippen LogP contribution in [-0.4, -0.2) is 7.11 Å². The Kier molecular flexibility index (Phi) is 5.07. The molecule has 1 aromatic carbocycles. The Morgan fingerprint density at radius 2 is 2.20 bits per heavy atom. The van der Waals surface area contributed by atoms with Crippen LogP contribution >= 0.6 is 11.6 Å². The lowest BCUT2D eigenvalue weighted by Crippen LogP contribution is -1.86. The number of unbranched alkanes of at least 4 members (excludes halogenated alkanes) is 2. The molecule has 0 aliphatic rings. The van der Waals surface area contributed by atoms with Crippen LogP contribution in [0.3, 0.4) is 0 Å². The van der Waals surface area contributed by atoms with Gasteiger partial charge < -0.3 is 4.74 Å². The number of hydrogen-bond donors (Lipinski definition) is 0. The quantitative estimate of drug-likeness (QED) is 0.557. The van der Waals surface area contributed by atoms with Gasteiger partial charge in [0, 0.05) is 12.0 Å². The Morgan fingerprint density at radius 1 is 1.40 bits per heavy atom. The largest absolute Gasteiger partial charge is 0.495 e. The Hall–Kier alpha value is -1.13. The minimum absolute atomic E-state index is 0.601. The van der Waals surface area contributed by atoms with Crippen molar-refractivity contribution in [3.05, 3.63) is 28.8 Å². The normalized spacial score (nSPS) is 9.27. The number of ether oxygens (including phenoxy) is 1. The van der Waals surface area contributed by atoms with Crippen LogP contribution in [0.5, 0.6) is 5.75 Å². The number of rotatable bonds is 3. The van der Waals surface area contributed by atoms with Crippen molar-refractivity contribution in [3.8, 4) is 17.6 Å². The average molecular weight is 223 g/mol. The van der Waals surface area contributed by atoms with Crippen molar-refractivity contribution in [1.82, 2.24) is 0 Å². The topological polar surface area (TPSA) is 9.23 Å². The molecule has 1 aromatic rings. The highest BCUT2D eigenvalue weighted by atomic mass is 35.5. The first-order valence-electron chi connectivity index (χ1n) is 5.11. The van der Waals surface area contributed by atoms with Gasteiger partial charge in [0.2, 0.25) is 0 Å². The van der Waals surface area contributed by atoms with Crippen molar-refractivity contribution >= 4 is 11.6 Å². The molecule has 0 aliphatic heterocycles. The fourth-order valence-electron chi connectivity index (χ4n) is 1.19. The minimum atomic E-state index is 0.601. The van der Waals surface area contributed by atoms with Gasteiger partial charge in [0.25, 0.3) is 0 Å². The molecule has 80 valence electrons. The van der Waals surface area contributed by atoms with Crippen molar-refractivity contribution in [2.45, 2.75) is 26.2 Å². The van der Waals surface area contributed by atoms with Gasteiger partial charge in [-0.15, -0.1) is 0 Å². The van der Waals surface area contributed by atoms with Crippen molar-refractivity contribution in [2.24, 2.45) is 0 Å². The summed E-state index contributed by atoms with van der Waals surface area (Å²) in [6, 6.07) is 5.64. The third-order valence-corrected chi connectivity index (χ3v) is 2.45. The van der Waals surface area contributed by atoms with E-state index in [2.05, 4.69) is 18.8 Å². The Morgan fingerprint density at radius 3 is 2.87 bits per heavy atom. The van der Waals surface area contributed by atoms with E-state index in [4.69, 9.17) is 16.3 Å². The van der Waals surface area contributed by atoms with Gasteiger partial charge in [0.1, 0.15) is 5.75 Å². The van der Waals surface area contributed by atoms with Crippen LogP contribution in [0.1, 0.15) is 31.7 Å². The van der Waals surface area contributed by atoms with Crippen LogP contribution in [0.15, 0.2) is 18.2 Å². The molecule has 0 fully saturated rings. The smallest absolute Gasteiger partial charge is 0.138 e. The second-order valence-electron chi connectivity index (χ2n) is 3.23. The minimum Gasteiger partial charge on any atom is -0.495 e. The van der Waals surface area contributed by atoms with E-state index in [9.17, 15) is 0 Å². The molecule has 0 saturated heterocycles. The lowest BCUT2D eigenvalue weighted by Gasteiger charge is -2.03.